The van der Waals surface area contributed by atoms with Gasteiger partial charge in [-0.05, 0) is 42.3 Å². The SMILES string of the molecule is CCc1ccc(S(=O)(=O)Nc2cc(N3CCOCC3)ccc2Cl)cc1. The Morgan fingerprint density at radius 2 is 1.80 bits per heavy atom. The van der Waals surface area contributed by atoms with Crippen molar-refractivity contribution in [1.29, 1.82) is 0 Å². The number of anilines is 2. The Morgan fingerprint density at radius 3 is 2.44 bits per heavy atom. The fraction of sp³-hybridized carbons (Fsp3) is 0.333. The maximum Gasteiger partial charge on any atom is 0.261 e. The van der Waals surface area contributed by atoms with Gasteiger partial charge in [0.15, 0.2) is 0 Å². The molecule has 1 saturated heterocycles. The zero-order valence-corrected chi connectivity index (χ0v) is 15.6. The zero-order chi connectivity index (χ0) is 17.9. The van der Waals surface area contributed by atoms with E-state index in [2.05, 4.69) is 9.62 Å². The Labute approximate surface area is 153 Å². The highest BCUT2D eigenvalue weighted by molar-refractivity contribution is 7.92. The molecule has 25 heavy (non-hydrogen) atoms. The lowest BCUT2D eigenvalue weighted by Crippen LogP contribution is -2.36. The van der Waals surface area contributed by atoms with Crippen LogP contribution in [-0.2, 0) is 21.2 Å². The summed E-state index contributed by atoms with van der Waals surface area (Å²) in [5.74, 6) is 0. The number of halogens is 1. The van der Waals surface area contributed by atoms with Crippen LogP contribution in [-0.4, -0.2) is 34.7 Å². The molecule has 0 saturated carbocycles. The van der Waals surface area contributed by atoms with Crippen molar-refractivity contribution in [2.24, 2.45) is 0 Å². The molecule has 0 unspecified atom stereocenters. The van der Waals surface area contributed by atoms with Crippen molar-refractivity contribution in [3.8, 4) is 0 Å². The second-order valence-corrected chi connectivity index (χ2v) is 7.96. The zero-order valence-electron chi connectivity index (χ0n) is 14.0. The molecular weight excluding hydrogens is 360 g/mol. The van der Waals surface area contributed by atoms with Gasteiger partial charge < -0.3 is 9.64 Å². The number of aryl methyl sites for hydroxylation is 1. The van der Waals surface area contributed by atoms with Gasteiger partial charge in [0, 0.05) is 18.8 Å². The topological polar surface area (TPSA) is 58.6 Å². The highest BCUT2D eigenvalue weighted by Gasteiger charge is 2.18. The van der Waals surface area contributed by atoms with Crippen LogP contribution in [0.3, 0.4) is 0 Å². The van der Waals surface area contributed by atoms with Crippen LogP contribution in [0.5, 0.6) is 0 Å². The number of morpholine rings is 1. The van der Waals surface area contributed by atoms with Crippen molar-refractivity contribution in [2.45, 2.75) is 18.2 Å². The molecule has 7 heteroatoms. The third-order valence-electron chi connectivity index (χ3n) is 4.21. The highest BCUT2D eigenvalue weighted by atomic mass is 35.5. The van der Waals surface area contributed by atoms with Crippen LogP contribution >= 0.6 is 11.6 Å². The molecule has 0 atom stereocenters. The molecule has 1 fully saturated rings. The number of benzene rings is 2. The summed E-state index contributed by atoms with van der Waals surface area (Å²) >= 11 is 6.21. The summed E-state index contributed by atoms with van der Waals surface area (Å²) < 4.78 is 33.2. The summed E-state index contributed by atoms with van der Waals surface area (Å²) in [6, 6.07) is 12.2. The number of hydrogen-bond donors (Lipinski definition) is 1. The van der Waals surface area contributed by atoms with Gasteiger partial charge in [0.25, 0.3) is 10.0 Å². The van der Waals surface area contributed by atoms with Crippen molar-refractivity contribution in [1.82, 2.24) is 0 Å². The van der Waals surface area contributed by atoms with Crippen LogP contribution in [0.2, 0.25) is 5.02 Å². The molecule has 2 aromatic carbocycles. The van der Waals surface area contributed by atoms with Crippen LogP contribution in [0.4, 0.5) is 11.4 Å². The Morgan fingerprint density at radius 1 is 1.12 bits per heavy atom. The smallest absolute Gasteiger partial charge is 0.261 e. The number of hydrogen-bond acceptors (Lipinski definition) is 4. The monoisotopic (exact) mass is 380 g/mol. The lowest BCUT2D eigenvalue weighted by Gasteiger charge is -2.29. The lowest BCUT2D eigenvalue weighted by molar-refractivity contribution is 0.122. The summed E-state index contributed by atoms with van der Waals surface area (Å²) in [5, 5.41) is 0.366. The maximum atomic E-state index is 12.6. The molecule has 1 aliphatic rings. The number of sulfonamides is 1. The van der Waals surface area contributed by atoms with Gasteiger partial charge in [-0.1, -0.05) is 30.7 Å². The van der Waals surface area contributed by atoms with E-state index in [9.17, 15) is 8.42 Å². The molecule has 0 spiro atoms. The van der Waals surface area contributed by atoms with E-state index in [0.717, 1.165) is 30.8 Å². The maximum absolute atomic E-state index is 12.6. The first kappa shape index (κ1) is 18.0. The number of nitrogens with one attached hydrogen (secondary N) is 1. The molecule has 134 valence electrons. The van der Waals surface area contributed by atoms with Crippen LogP contribution in [0.25, 0.3) is 0 Å². The van der Waals surface area contributed by atoms with Crippen LogP contribution < -0.4 is 9.62 Å². The largest absolute Gasteiger partial charge is 0.378 e. The van der Waals surface area contributed by atoms with Gasteiger partial charge in [-0.3, -0.25) is 4.72 Å². The van der Waals surface area contributed by atoms with E-state index in [4.69, 9.17) is 16.3 Å². The highest BCUT2D eigenvalue weighted by Crippen LogP contribution is 2.30. The molecule has 5 nitrogen and oxygen atoms in total. The van der Waals surface area contributed by atoms with E-state index < -0.39 is 10.0 Å². The average molecular weight is 381 g/mol. The minimum Gasteiger partial charge on any atom is -0.378 e. The van der Waals surface area contributed by atoms with Crippen LogP contribution in [0, 0.1) is 0 Å². The van der Waals surface area contributed by atoms with Crippen molar-refractivity contribution in [2.75, 3.05) is 35.9 Å². The van der Waals surface area contributed by atoms with E-state index in [1.165, 1.54) is 0 Å². The summed E-state index contributed by atoms with van der Waals surface area (Å²) in [4.78, 5) is 2.37. The fourth-order valence-corrected chi connectivity index (χ4v) is 4.01. The molecule has 1 heterocycles. The summed E-state index contributed by atoms with van der Waals surface area (Å²) in [6.45, 7) is 4.89. The third-order valence-corrected chi connectivity index (χ3v) is 5.92. The second kappa shape index (κ2) is 7.64. The predicted octanol–water partition coefficient (Wildman–Crippen LogP) is 3.54. The number of ether oxygens (including phenoxy) is 1. The average Bonchev–Trinajstić information content (AvgIpc) is 2.64. The minimum atomic E-state index is -3.69. The first-order valence-electron chi connectivity index (χ1n) is 8.23. The quantitative estimate of drug-likeness (QED) is 0.861. The fourth-order valence-electron chi connectivity index (χ4n) is 2.72. The van der Waals surface area contributed by atoms with Crippen molar-refractivity contribution in [3.63, 3.8) is 0 Å². The molecule has 3 rings (SSSR count). The van der Waals surface area contributed by atoms with Gasteiger partial charge in [-0.15, -0.1) is 0 Å². The standard InChI is InChI=1S/C18H21ClN2O3S/c1-2-14-3-6-16(7-4-14)25(22,23)20-18-13-15(5-8-17(18)19)21-9-11-24-12-10-21/h3-8,13,20H,2,9-12H2,1H3. The third kappa shape index (κ3) is 4.26. The van der Waals surface area contributed by atoms with Crippen molar-refractivity contribution < 1.29 is 13.2 Å². The second-order valence-electron chi connectivity index (χ2n) is 5.87. The summed E-state index contributed by atoms with van der Waals surface area (Å²) in [7, 11) is -3.69. The Balaban J connectivity index is 1.85. The molecule has 0 amide bonds. The Hall–Kier alpha value is -1.76. The minimum absolute atomic E-state index is 0.220. The molecule has 0 aliphatic carbocycles. The first-order valence-corrected chi connectivity index (χ1v) is 10.1. The molecule has 1 N–H and O–H groups in total. The number of rotatable bonds is 5. The first-order chi connectivity index (χ1) is 12.0. The molecular formula is C18H21ClN2O3S. The van der Waals surface area contributed by atoms with Gasteiger partial charge >= 0.3 is 0 Å². The summed E-state index contributed by atoms with van der Waals surface area (Å²) in [5.41, 5.74) is 2.39. The van der Waals surface area contributed by atoms with Gasteiger partial charge in [-0.25, -0.2) is 8.42 Å². The van der Waals surface area contributed by atoms with Crippen molar-refractivity contribution >= 4 is 33.0 Å². The van der Waals surface area contributed by atoms with E-state index in [1.54, 1.807) is 24.3 Å². The molecule has 0 bridgehead atoms. The van der Waals surface area contributed by atoms with Gasteiger partial charge in [0.1, 0.15) is 0 Å². The summed E-state index contributed by atoms with van der Waals surface area (Å²) in [6.07, 6.45) is 0.862. The van der Waals surface area contributed by atoms with Gasteiger partial charge in [-0.2, -0.15) is 0 Å². The van der Waals surface area contributed by atoms with E-state index in [0.29, 0.717) is 23.9 Å². The molecule has 2 aromatic rings. The van der Waals surface area contributed by atoms with Crippen LogP contribution in [0.1, 0.15) is 12.5 Å². The van der Waals surface area contributed by atoms with E-state index in [1.807, 2.05) is 25.1 Å². The van der Waals surface area contributed by atoms with Gasteiger partial charge in [0.2, 0.25) is 0 Å². The normalized spacial score (nSPS) is 15.2. The Kier molecular flexibility index (Phi) is 5.51. The Bertz CT molecular complexity index is 832. The van der Waals surface area contributed by atoms with Crippen LogP contribution in [0.15, 0.2) is 47.4 Å². The lowest BCUT2D eigenvalue weighted by atomic mass is 10.2. The van der Waals surface area contributed by atoms with Gasteiger partial charge in [0.05, 0.1) is 28.8 Å². The van der Waals surface area contributed by atoms with E-state index >= 15 is 0 Å². The molecule has 0 radical (unpaired) electrons. The molecule has 1 aliphatic heterocycles. The number of nitrogens with zero attached hydrogens (tertiary/aromatic N) is 1. The van der Waals surface area contributed by atoms with Crippen molar-refractivity contribution in [3.05, 3.63) is 53.1 Å². The predicted molar refractivity (Wildman–Crippen MR) is 101 cm³/mol. The molecule has 0 aromatic heterocycles. The van der Waals surface area contributed by atoms with E-state index in [-0.39, 0.29) is 4.90 Å².